The van der Waals surface area contributed by atoms with Crippen molar-refractivity contribution in [3.8, 4) is 0 Å². The molecule has 0 aliphatic heterocycles. The largest absolute Gasteiger partial charge is 0.396 e. The Bertz CT molecular complexity index is 473. The van der Waals surface area contributed by atoms with Crippen LogP contribution in [0, 0.1) is 58.7 Å². The summed E-state index contributed by atoms with van der Waals surface area (Å²) < 4.78 is 0. The molecule has 25 heavy (non-hydrogen) atoms. The Balaban J connectivity index is 0.000000758. The average Bonchev–Trinajstić information content (AvgIpc) is 3.35. The third-order valence-corrected chi connectivity index (χ3v) is 9.67. The van der Waals surface area contributed by atoms with E-state index < -0.39 is 0 Å². The van der Waals surface area contributed by atoms with Crippen LogP contribution in [0.15, 0.2) is 0 Å². The van der Waals surface area contributed by atoms with Crippen molar-refractivity contribution in [1.82, 2.24) is 0 Å². The summed E-state index contributed by atoms with van der Waals surface area (Å²) in [5.74, 6) is 9.24. The van der Waals surface area contributed by atoms with Gasteiger partial charge < -0.3 is 5.11 Å². The van der Waals surface area contributed by atoms with Crippen molar-refractivity contribution >= 4 is 0 Å². The molecule has 0 aromatic carbocycles. The predicted octanol–water partition coefficient (Wildman–Crippen LogP) is 6.16. The van der Waals surface area contributed by atoms with E-state index in [1.165, 1.54) is 32.1 Å². The first-order chi connectivity index (χ1) is 12.1. The molecule has 0 heterocycles. The Morgan fingerprint density at radius 2 is 1.60 bits per heavy atom. The molecule has 0 amide bonds. The molecule has 0 radical (unpaired) electrons. The molecule has 5 saturated carbocycles. The second-order valence-electron chi connectivity index (χ2n) is 10.5. The third-order valence-electron chi connectivity index (χ3n) is 9.67. The summed E-state index contributed by atoms with van der Waals surface area (Å²) in [6.45, 7) is 9.55. The highest BCUT2D eigenvalue weighted by Gasteiger charge is 2.68. The van der Waals surface area contributed by atoms with Crippen LogP contribution in [0.3, 0.4) is 0 Å². The summed E-state index contributed by atoms with van der Waals surface area (Å²) in [6.07, 6.45) is 13.3. The van der Waals surface area contributed by atoms with Crippen LogP contribution >= 0.6 is 0 Å². The number of hydrogen-bond donors (Lipinski definition) is 1. The van der Waals surface area contributed by atoms with E-state index in [1.54, 1.807) is 19.3 Å². The lowest BCUT2D eigenvalue weighted by atomic mass is 9.48. The zero-order valence-electron chi connectivity index (χ0n) is 17.2. The molecule has 0 aromatic rings. The van der Waals surface area contributed by atoms with Crippen LogP contribution in [0.25, 0.3) is 0 Å². The van der Waals surface area contributed by atoms with Crippen LogP contribution in [0.1, 0.15) is 85.5 Å². The molecule has 1 N–H and O–H groups in total. The van der Waals surface area contributed by atoms with E-state index in [2.05, 4.69) is 13.8 Å². The van der Waals surface area contributed by atoms with E-state index in [4.69, 9.17) is 0 Å². The lowest BCUT2D eigenvalue weighted by Gasteiger charge is -2.57. The first-order valence-electron chi connectivity index (χ1n) is 11.7. The maximum absolute atomic E-state index is 9.58. The highest BCUT2D eigenvalue weighted by atomic mass is 16.3. The Labute approximate surface area is 156 Å². The molecule has 0 spiro atoms. The Kier molecular flexibility index (Phi) is 5.02. The summed E-state index contributed by atoms with van der Waals surface area (Å²) in [7, 11) is 0. The van der Waals surface area contributed by atoms with Crippen LogP contribution in [-0.4, -0.2) is 11.7 Å². The Morgan fingerprint density at radius 1 is 0.840 bits per heavy atom. The van der Waals surface area contributed by atoms with Gasteiger partial charge >= 0.3 is 0 Å². The van der Waals surface area contributed by atoms with Gasteiger partial charge in [-0.15, -0.1) is 0 Å². The smallest absolute Gasteiger partial charge is 0.0433 e. The predicted molar refractivity (Wildman–Crippen MR) is 105 cm³/mol. The van der Waals surface area contributed by atoms with Gasteiger partial charge in [0.05, 0.1) is 0 Å². The van der Waals surface area contributed by atoms with Crippen LogP contribution in [0.5, 0.6) is 0 Å². The standard InChI is InChI=1S/C22H36O.C2H6/c1-13-3-5-15-14(11-13)4-6-17-16(15)7-9-22(2)20(8-10-23)18-12-19(18)21(17)22;1-2/h13-21,23H,3-12H2,1-2H3;1-2H3/t13?,14?,15?,16?,17-,18+,19-,20?,21?,22-;/m1./s1. The van der Waals surface area contributed by atoms with Crippen LogP contribution in [0.2, 0.25) is 0 Å². The molecular formula is C24H42O. The molecule has 0 aromatic heterocycles. The fraction of sp³-hybridized carbons (Fsp3) is 1.00. The van der Waals surface area contributed by atoms with E-state index in [0.717, 1.165) is 59.7 Å². The molecule has 1 heteroatoms. The third kappa shape index (κ3) is 2.74. The van der Waals surface area contributed by atoms with Gasteiger partial charge in [-0.3, -0.25) is 0 Å². The average molecular weight is 347 g/mol. The molecule has 5 aliphatic carbocycles. The number of hydrogen-bond acceptors (Lipinski definition) is 1. The highest BCUT2D eigenvalue weighted by molar-refractivity contribution is 5.17. The van der Waals surface area contributed by atoms with Gasteiger partial charge in [-0.05, 0) is 110 Å². The second kappa shape index (κ2) is 6.84. The van der Waals surface area contributed by atoms with E-state index in [-0.39, 0.29) is 0 Å². The molecule has 0 saturated heterocycles. The molecule has 5 aliphatic rings. The molecule has 5 rings (SSSR count). The van der Waals surface area contributed by atoms with Crippen molar-refractivity contribution in [2.45, 2.75) is 85.5 Å². The number of fused-ring (bicyclic) bond motifs is 7. The highest BCUT2D eigenvalue weighted by Crippen LogP contribution is 2.75. The fourth-order valence-electron chi connectivity index (χ4n) is 8.89. The van der Waals surface area contributed by atoms with Gasteiger partial charge in [-0.2, -0.15) is 0 Å². The molecule has 0 bridgehead atoms. The summed E-state index contributed by atoms with van der Waals surface area (Å²) >= 11 is 0. The monoisotopic (exact) mass is 346 g/mol. The van der Waals surface area contributed by atoms with Crippen molar-refractivity contribution in [2.24, 2.45) is 58.7 Å². The number of rotatable bonds is 2. The normalized spacial score (nSPS) is 55.8. The van der Waals surface area contributed by atoms with Gasteiger partial charge in [0.1, 0.15) is 0 Å². The van der Waals surface area contributed by atoms with Crippen LogP contribution in [0.4, 0.5) is 0 Å². The van der Waals surface area contributed by atoms with E-state index in [0.29, 0.717) is 12.0 Å². The number of aliphatic hydroxyl groups is 1. The van der Waals surface area contributed by atoms with Crippen molar-refractivity contribution in [3.05, 3.63) is 0 Å². The maximum Gasteiger partial charge on any atom is 0.0433 e. The van der Waals surface area contributed by atoms with Crippen molar-refractivity contribution in [3.63, 3.8) is 0 Å². The lowest BCUT2D eigenvalue weighted by molar-refractivity contribution is -0.0818. The van der Waals surface area contributed by atoms with Crippen LogP contribution < -0.4 is 0 Å². The van der Waals surface area contributed by atoms with Gasteiger partial charge in [0, 0.05) is 6.61 Å². The van der Waals surface area contributed by atoms with Crippen molar-refractivity contribution in [2.75, 3.05) is 6.61 Å². The summed E-state index contributed by atoms with van der Waals surface area (Å²) in [6, 6.07) is 0. The summed E-state index contributed by atoms with van der Waals surface area (Å²) in [5, 5.41) is 9.58. The SMILES string of the molecule is CC.CC1CCC2C(CC[C@@H]3C2CC[C@]2(C)C(CCO)[C@H]4C[C@H]4C32)C1. The topological polar surface area (TPSA) is 20.2 Å². The molecule has 6 unspecified atom stereocenters. The minimum Gasteiger partial charge on any atom is -0.396 e. The molecule has 144 valence electrons. The zero-order valence-corrected chi connectivity index (χ0v) is 17.2. The maximum atomic E-state index is 9.58. The zero-order chi connectivity index (χ0) is 17.8. The molecule has 5 fully saturated rings. The van der Waals surface area contributed by atoms with E-state index in [9.17, 15) is 5.11 Å². The quantitative estimate of drug-likeness (QED) is 0.635. The molecule has 10 atom stereocenters. The van der Waals surface area contributed by atoms with Gasteiger partial charge in [-0.25, -0.2) is 0 Å². The van der Waals surface area contributed by atoms with E-state index >= 15 is 0 Å². The van der Waals surface area contributed by atoms with Gasteiger partial charge in [0.2, 0.25) is 0 Å². The lowest BCUT2D eigenvalue weighted by Crippen LogP contribution is -2.50. The Hall–Kier alpha value is -0.0400. The minimum atomic E-state index is 0.423. The first kappa shape index (κ1) is 18.3. The molecule has 1 nitrogen and oxygen atoms in total. The second-order valence-corrected chi connectivity index (χ2v) is 10.5. The summed E-state index contributed by atoms with van der Waals surface area (Å²) in [4.78, 5) is 0. The Morgan fingerprint density at radius 3 is 2.36 bits per heavy atom. The fourth-order valence-corrected chi connectivity index (χ4v) is 8.89. The summed E-state index contributed by atoms with van der Waals surface area (Å²) in [5.41, 5.74) is 0.590. The van der Waals surface area contributed by atoms with E-state index in [1.807, 2.05) is 13.8 Å². The van der Waals surface area contributed by atoms with Crippen molar-refractivity contribution < 1.29 is 5.11 Å². The first-order valence-corrected chi connectivity index (χ1v) is 11.7. The van der Waals surface area contributed by atoms with Crippen molar-refractivity contribution in [1.29, 1.82) is 0 Å². The van der Waals surface area contributed by atoms with Gasteiger partial charge in [0.25, 0.3) is 0 Å². The van der Waals surface area contributed by atoms with Gasteiger partial charge in [-0.1, -0.05) is 34.1 Å². The van der Waals surface area contributed by atoms with Gasteiger partial charge in [0.15, 0.2) is 0 Å². The van der Waals surface area contributed by atoms with Crippen LogP contribution in [-0.2, 0) is 0 Å². The minimum absolute atomic E-state index is 0.423. The molecular weight excluding hydrogens is 304 g/mol. The number of aliphatic hydroxyl groups excluding tert-OH is 1.